The highest BCUT2D eigenvalue weighted by atomic mass is 16.1. The Hall–Kier alpha value is -1.58. The van der Waals surface area contributed by atoms with Gasteiger partial charge < -0.3 is 11.1 Å². The van der Waals surface area contributed by atoms with E-state index in [4.69, 9.17) is 5.73 Å². The molecule has 14 heavy (non-hydrogen) atoms. The first-order valence-corrected chi connectivity index (χ1v) is 4.71. The van der Waals surface area contributed by atoms with Gasteiger partial charge in [-0.15, -0.1) is 0 Å². The van der Waals surface area contributed by atoms with Gasteiger partial charge in [0.1, 0.15) is 0 Å². The van der Waals surface area contributed by atoms with Gasteiger partial charge >= 0.3 is 0 Å². The second-order valence-electron chi connectivity index (χ2n) is 2.38. The second kappa shape index (κ2) is 8.04. The van der Waals surface area contributed by atoms with Crippen molar-refractivity contribution in [1.82, 2.24) is 4.98 Å². The van der Waals surface area contributed by atoms with Crippen molar-refractivity contribution in [2.24, 2.45) is 5.73 Å². The number of pyridine rings is 1. The van der Waals surface area contributed by atoms with E-state index < -0.39 is 0 Å². The molecule has 80 valence electrons. The molecule has 0 saturated carbocycles. The van der Waals surface area contributed by atoms with Crippen molar-refractivity contribution >= 4 is 11.6 Å². The molecule has 1 aromatic heterocycles. The van der Waals surface area contributed by atoms with E-state index in [0.717, 1.165) is 5.69 Å². The number of nitrogens with zero attached hydrogens (tertiary/aromatic N) is 1. The molecule has 0 aliphatic carbocycles. The van der Waals surface area contributed by atoms with Crippen LogP contribution in [-0.4, -0.2) is 17.4 Å². The van der Waals surface area contributed by atoms with Crippen LogP contribution in [0.2, 0.25) is 0 Å². The molecule has 0 aliphatic heterocycles. The second-order valence-corrected chi connectivity index (χ2v) is 2.38. The predicted octanol–water partition coefficient (Wildman–Crippen LogP) is 1.64. The topological polar surface area (TPSA) is 68.0 Å². The zero-order chi connectivity index (χ0) is 10.8. The first-order chi connectivity index (χ1) is 6.79. The summed E-state index contributed by atoms with van der Waals surface area (Å²) in [4.78, 5) is 14.3. The molecule has 1 aromatic rings. The third-order valence-electron chi connectivity index (χ3n) is 1.36. The maximum absolute atomic E-state index is 10.4. The van der Waals surface area contributed by atoms with E-state index in [1.54, 1.807) is 12.4 Å². The summed E-state index contributed by atoms with van der Waals surface area (Å²) in [6.07, 6.45) is 3.73. The van der Waals surface area contributed by atoms with Crippen molar-refractivity contribution in [2.45, 2.75) is 20.3 Å². The van der Waals surface area contributed by atoms with Gasteiger partial charge in [0.15, 0.2) is 0 Å². The van der Waals surface area contributed by atoms with Gasteiger partial charge in [0.25, 0.3) is 0 Å². The van der Waals surface area contributed by atoms with E-state index in [1.807, 2.05) is 26.0 Å². The smallest absolute Gasteiger partial charge is 0.219 e. The lowest BCUT2D eigenvalue weighted by molar-refractivity contribution is -0.117. The molecule has 0 aliphatic rings. The van der Waals surface area contributed by atoms with Crippen LogP contribution in [0.5, 0.6) is 0 Å². The minimum absolute atomic E-state index is 0. The Labute approximate surface area is 86.0 Å². The zero-order valence-corrected chi connectivity index (χ0v) is 8.66. The number of rotatable bonds is 4. The molecular formula is C10H19N3O. The predicted molar refractivity (Wildman–Crippen MR) is 60.0 cm³/mol. The van der Waals surface area contributed by atoms with Gasteiger partial charge in [0, 0.05) is 26.8 Å². The van der Waals surface area contributed by atoms with Crippen LogP contribution in [0.25, 0.3) is 0 Å². The summed E-state index contributed by atoms with van der Waals surface area (Å²) in [5.74, 6) is -0.300. The number of carbonyl (C=O) groups is 1. The fourth-order valence-corrected chi connectivity index (χ4v) is 0.797. The highest BCUT2D eigenvalue weighted by Gasteiger charge is 1.93. The largest absolute Gasteiger partial charge is 0.383 e. The highest BCUT2D eigenvalue weighted by Crippen LogP contribution is 2.01. The number of hydrogen-bond donors (Lipinski definition) is 2. The molecule has 0 unspecified atom stereocenters. The highest BCUT2D eigenvalue weighted by molar-refractivity contribution is 5.74. The maximum atomic E-state index is 10.4. The first kappa shape index (κ1) is 12.4. The summed E-state index contributed by atoms with van der Waals surface area (Å²) >= 11 is 0. The van der Waals surface area contributed by atoms with Crippen LogP contribution in [0.4, 0.5) is 5.69 Å². The van der Waals surface area contributed by atoms with Gasteiger partial charge in [-0.3, -0.25) is 9.78 Å². The van der Waals surface area contributed by atoms with Crippen molar-refractivity contribution in [3.8, 4) is 0 Å². The van der Waals surface area contributed by atoms with Gasteiger partial charge in [0.05, 0.1) is 5.69 Å². The van der Waals surface area contributed by atoms with Crippen LogP contribution >= 0.6 is 0 Å². The van der Waals surface area contributed by atoms with E-state index in [9.17, 15) is 4.79 Å². The number of anilines is 1. The van der Waals surface area contributed by atoms with Crippen LogP contribution in [-0.2, 0) is 4.79 Å². The molecule has 0 fully saturated rings. The lowest BCUT2D eigenvalue weighted by atomic mass is 10.3. The molecule has 4 nitrogen and oxygen atoms in total. The van der Waals surface area contributed by atoms with E-state index >= 15 is 0 Å². The Balaban J connectivity index is 0. The molecule has 1 heterocycles. The maximum Gasteiger partial charge on any atom is 0.219 e. The van der Waals surface area contributed by atoms with Crippen molar-refractivity contribution in [2.75, 3.05) is 11.9 Å². The summed E-state index contributed by atoms with van der Waals surface area (Å²) < 4.78 is 0. The van der Waals surface area contributed by atoms with Crippen molar-refractivity contribution < 1.29 is 6.22 Å². The van der Waals surface area contributed by atoms with Crippen molar-refractivity contribution in [3.63, 3.8) is 0 Å². The number of primary amides is 1. The van der Waals surface area contributed by atoms with E-state index in [0.29, 0.717) is 13.0 Å². The summed E-state index contributed by atoms with van der Waals surface area (Å²) in [5, 5.41) is 3.01. The molecule has 3 N–H and O–H groups in total. The number of aromatic nitrogens is 1. The molecule has 0 aromatic carbocycles. The number of nitrogens with one attached hydrogen (secondary N) is 1. The van der Waals surface area contributed by atoms with E-state index in [-0.39, 0.29) is 7.33 Å². The third-order valence-corrected chi connectivity index (χ3v) is 1.36. The quantitative estimate of drug-likeness (QED) is 0.771. The van der Waals surface area contributed by atoms with Gasteiger partial charge in [-0.05, 0) is 12.1 Å². The van der Waals surface area contributed by atoms with Gasteiger partial charge in [-0.2, -0.15) is 0 Å². The summed E-state index contributed by atoms with van der Waals surface area (Å²) in [7, 11) is 0. The summed E-state index contributed by atoms with van der Waals surface area (Å²) in [6, 6.07) is 3.71. The Bertz CT molecular complexity index is 254. The van der Waals surface area contributed by atoms with Crippen LogP contribution in [0, 0.1) is 0 Å². The Kier molecular flexibility index (Phi) is 7.13. The van der Waals surface area contributed by atoms with Gasteiger partial charge in [0.2, 0.25) is 5.91 Å². The SMILES string of the molecule is CC.NC(=O)CCNc1cccnc1.[HH]. The van der Waals surface area contributed by atoms with E-state index in [2.05, 4.69) is 10.3 Å². The number of hydrogen-bond acceptors (Lipinski definition) is 3. The molecule has 1 rings (SSSR count). The number of amides is 1. The molecular weight excluding hydrogens is 178 g/mol. The average Bonchev–Trinajstić information content (AvgIpc) is 2.22. The first-order valence-electron chi connectivity index (χ1n) is 4.71. The van der Waals surface area contributed by atoms with Crippen LogP contribution in [0.3, 0.4) is 0 Å². The monoisotopic (exact) mass is 197 g/mol. The lowest BCUT2D eigenvalue weighted by Crippen LogP contribution is -2.15. The minimum atomic E-state index is -0.300. The summed E-state index contributed by atoms with van der Waals surface area (Å²) in [5.41, 5.74) is 5.86. The standard InChI is InChI=1S/C8H11N3O.C2H6.H2/c9-8(12)3-5-11-7-2-1-4-10-6-7;1-2;/h1-2,4,6,11H,3,5H2,(H2,9,12);1-2H3;1H. The Morgan fingerprint density at radius 2 is 2.36 bits per heavy atom. The van der Waals surface area contributed by atoms with Crippen LogP contribution in [0.1, 0.15) is 21.7 Å². The number of nitrogens with two attached hydrogens (primary N) is 1. The zero-order valence-electron chi connectivity index (χ0n) is 8.66. The van der Waals surface area contributed by atoms with Crippen molar-refractivity contribution in [3.05, 3.63) is 24.5 Å². The van der Waals surface area contributed by atoms with Gasteiger partial charge in [-0.25, -0.2) is 0 Å². The summed E-state index contributed by atoms with van der Waals surface area (Å²) in [6.45, 7) is 4.56. The molecule has 4 heteroatoms. The lowest BCUT2D eigenvalue weighted by Gasteiger charge is -2.02. The van der Waals surface area contributed by atoms with Crippen LogP contribution < -0.4 is 11.1 Å². The van der Waals surface area contributed by atoms with Crippen LogP contribution in [0.15, 0.2) is 24.5 Å². The number of carbonyl (C=O) groups excluding carboxylic acids is 1. The molecule has 1 amide bonds. The molecule has 0 radical (unpaired) electrons. The van der Waals surface area contributed by atoms with Crippen molar-refractivity contribution in [1.29, 1.82) is 0 Å². The molecule has 0 spiro atoms. The fourth-order valence-electron chi connectivity index (χ4n) is 0.797. The fraction of sp³-hybridized carbons (Fsp3) is 0.400. The third kappa shape index (κ3) is 5.99. The minimum Gasteiger partial charge on any atom is -0.383 e. The van der Waals surface area contributed by atoms with Gasteiger partial charge in [-0.1, -0.05) is 13.8 Å². The van der Waals surface area contributed by atoms with E-state index in [1.165, 1.54) is 0 Å². The molecule has 0 saturated heterocycles. The Morgan fingerprint density at radius 1 is 1.64 bits per heavy atom. The Morgan fingerprint density at radius 3 is 2.86 bits per heavy atom. The average molecular weight is 197 g/mol. The normalized spacial score (nSPS) is 8.43. The molecule has 0 bridgehead atoms. The molecule has 0 atom stereocenters.